The lowest BCUT2D eigenvalue weighted by atomic mass is 10.1. The standard InChI is InChI=1S/C15H23N3O/c1-3-14-11-17(2)9-4-10-18(14)15(19)12-5-7-13(16)8-6-12/h5-8,14H,3-4,9-11,16H2,1-2H3. The first kappa shape index (κ1) is 13.9. The van der Waals surface area contributed by atoms with Gasteiger partial charge in [-0.1, -0.05) is 6.92 Å². The molecule has 104 valence electrons. The number of nitrogen functional groups attached to an aromatic ring is 1. The molecule has 1 atom stereocenters. The molecule has 1 saturated heterocycles. The van der Waals surface area contributed by atoms with Gasteiger partial charge in [0, 0.05) is 30.4 Å². The Morgan fingerprint density at radius 2 is 2.00 bits per heavy atom. The maximum atomic E-state index is 12.6. The summed E-state index contributed by atoms with van der Waals surface area (Å²) >= 11 is 0. The zero-order chi connectivity index (χ0) is 13.8. The molecule has 1 aromatic carbocycles. The van der Waals surface area contributed by atoms with Crippen LogP contribution < -0.4 is 5.73 Å². The van der Waals surface area contributed by atoms with Gasteiger partial charge in [0.25, 0.3) is 5.91 Å². The normalized spacial score (nSPS) is 21.2. The van der Waals surface area contributed by atoms with Crippen molar-refractivity contribution in [2.75, 3.05) is 32.4 Å². The first-order valence-corrected chi connectivity index (χ1v) is 6.97. The minimum absolute atomic E-state index is 0.127. The fraction of sp³-hybridized carbons (Fsp3) is 0.533. The molecule has 1 unspecified atom stereocenters. The highest BCUT2D eigenvalue weighted by atomic mass is 16.2. The van der Waals surface area contributed by atoms with Crippen molar-refractivity contribution in [1.82, 2.24) is 9.80 Å². The van der Waals surface area contributed by atoms with E-state index in [0.29, 0.717) is 11.7 Å². The van der Waals surface area contributed by atoms with E-state index in [2.05, 4.69) is 18.9 Å². The molecule has 4 heteroatoms. The molecule has 1 heterocycles. The van der Waals surface area contributed by atoms with Gasteiger partial charge in [-0.15, -0.1) is 0 Å². The van der Waals surface area contributed by atoms with Crippen molar-refractivity contribution in [3.05, 3.63) is 29.8 Å². The maximum absolute atomic E-state index is 12.6. The molecule has 19 heavy (non-hydrogen) atoms. The monoisotopic (exact) mass is 261 g/mol. The third kappa shape index (κ3) is 3.26. The Kier molecular flexibility index (Phi) is 4.43. The number of anilines is 1. The van der Waals surface area contributed by atoms with Gasteiger partial charge in [0.15, 0.2) is 0 Å². The van der Waals surface area contributed by atoms with Gasteiger partial charge >= 0.3 is 0 Å². The zero-order valence-electron chi connectivity index (χ0n) is 11.8. The molecule has 0 saturated carbocycles. The quantitative estimate of drug-likeness (QED) is 0.826. The van der Waals surface area contributed by atoms with Crippen molar-refractivity contribution in [2.45, 2.75) is 25.8 Å². The van der Waals surface area contributed by atoms with Crippen molar-refractivity contribution < 1.29 is 4.79 Å². The van der Waals surface area contributed by atoms with Crippen LogP contribution in [0.5, 0.6) is 0 Å². The van der Waals surface area contributed by atoms with E-state index in [-0.39, 0.29) is 5.91 Å². The Bertz CT molecular complexity index is 430. The molecule has 0 spiro atoms. The summed E-state index contributed by atoms with van der Waals surface area (Å²) in [4.78, 5) is 16.9. The summed E-state index contributed by atoms with van der Waals surface area (Å²) in [6, 6.07) is 7.52. The number of nitrogens with two attached hydrogens (primary N) is 1. The summed E-state index contributed by atoms with van der Waals surface area (Å²) in [7, 11) is 2.12. The van der Waals surface area contributed by atoms with E-state index in [1.54, 1.807) is 12.1 Å². The van der Waals surface area contributed by atoms with E-state index in [0.717, 1.165) is 38.0 Å². The number of rotatable bonds is 2. The predicted molar refractivity (Wildman–Crippen MR) is 78.1 cm³/mol. The number of hydrogen-bond acceptors (Lipinski definition) is 3. The Morgan fingerprint density at radius 1 is 1.32 bits per heavy atom. The van der Waals surface area contributed by atoms with Crippen LogP contribution in [-0.4, -0.2) is 48.4 Å². The van der Waals surface area contributed by atoms with Gasteiger partial charge in [-0.3, -0.25) is 4.79 Å². The van der Waals surface area contributed by atoms with Crippen molar-refractivity contribution in [1.29, 1.82) is 0 Å². The van der Waals surface area contributed by atoms with Crippen LogP contribution in [0, 0.1) is 0 Å². The Morgan fingerprint density at radius 3 is 2.63 bits per heavy atom. The molecule has 0 radical (unpaired) electrons. The second kappa shape index (κ2) is 6.06. The van der Waals surface area contributed by atoms with Gasteiger partial charge < -0.3 is 15.5 Å². The smallest absolute Gasteiger partial charge is 0.254 e. The first-order valence-electron chi connectivity index (χ1n) is 6.97. The molecule has 0 bridgehead atoms. The minimum Gasteiger partial charge on any atom is -0.399 e. The van der Waals surface area contributed by atoms with Gasteiger partial charge in [-0.05, 0) is 50.7 Å². The van der Waals surface area contributed by atoms with Gasteiger partial charge in [0.2, 0.25) is 0 Å². The molecule has 1 fully saturated rings. The van der Waals surface area contributed by atoms with Crippen LogP contribution in [0.2, 0.25) is 0 Å². The number of carbonyl (C=O) groups excluding carboxylic acids is 1. The van der Waals surface area contributed by atoms with Crippen molar-refractivity contribution >= 4 is 11.6 Å². The van der Waals surface area contributed by atoms with E-state index >= 15 is 0 Å². The average Bonchev–Trinajstić information content (AvgIpc) is 2.60. The average molecular weight is 261 g/mol. The van der Waals surface area contributed by atoms with Crippen molar-refractivity contribution in [3.63, 3.8) is 0 Å². The topological polar surface area (TPSA) is 49.6 Å². The Labute approximate surface area is 115 Å². The van der Waals surface area contributed by atoms with E-state index in [4.69, 9.17) is 5.73 Å². The summed E-state index contributed by atoms with van der Waals surface area (Å²) in [5, 5.41) is 0. The highest BCUT2D eigenvalue weighted by Crippen LogP contribution is 2.16. The molecule has 1 aliphatic heterocycles. The molecule has 4 nitrogen and oxygen atoms in total. The third-order valence-electron chi connectivity index (χ3n) is 3.79. The minimum atomic E-state index is 0.127. The van der Waals surface area contributed by atoms with Gasteiger partial charge in [0.1, 0.15) is 0 Å². The first-order chi connectivity index (χ1) is 9.11. The molecule has 1 amide bonds. The van der Waals surface area contributed by atoms with E-state index in [1.807, 2.05) is 17.0 Å². The summed E-state index contributed by atoms with van der Waals surface area (Å²) in [6.45, 7) is 5.00. The van der Waals surface area contributed by atoms with Gasteiger partial charge in [-0.25, -0.2) is 0 Å². The zero-order valence-corrected chi connectivity index (χ0v) is 11.8. The van der Waals surface area contributed by atoms with Gasteiger partial charge in [-0.2, -0.15) is 0 Å². The van der Waals surface area contributed by atoms with Crippen LogP contribution in [0.25, 0.3) is 0 Å². The van der Waals surface area contributed by atoms with Crippen LogP contribution in [-0.2, 0) is 0 Å². The molecular formula is C15H23N3O. The molecule has 1 aromatic rings. The van der Waals surface area contributed by atoms with Crippen molar-refractivity contribution in [2.24, 2.45) is 0 Å². The highest BCUT2D eigenvalue weighted by molar-refractivity contribution is 5.94. The van der Waals surface area contributed by atoms with Crippen LogP contribution in [0.1, 0.15) is 30.1 Å². The van der Waals surface area contributed by atoms with E-state index in [9.17, 15) is 4.79 Å². The molecule has 2 N–H and O–H groups in total. The predicted octanol–water partition coefficient (Wildman–Crippen LogP) is 1.83. The Balaban J connectivity index is 2.17. The molecular weight excluding hydrogens is 238 g/mol. The van der Waals surface area contributed by atoms with Crippen molar-refractivity contribution in [3.8, 4) is 0 Å². The largest absolute Gasteiger partial charge is 0.399 e. The number of amides is 1. The van der Waals surface area contributed by atoms with E-state index < -0.39 is 0 Å². The lowest BCUT2D eigenvalue weighted by Gasteiger charge is -2.30. The lowest BCUT2D eigenvalue weighted by molar-refractivity contribution is 0.0676. The van der Waals surface area contributed by atoms with Crippen LogP contribution in [0.3, 0.4) is 0 Å². The van der Waals surface area contributed by atoms with Crippen LogP contribution in [0.15, 0.2) is 24.3 Å². The third-order valence-corrected chi connectivity index (χ3v) is 3.79. The molecule has 0 aliphatic carbocycles. The number of carbonyl (C=O) groups is 1. The molecule has 1 aliphatic rings. The highest BCUT2D eigenvalue weighted by Gasteiger charge is 2.26. The van der Waals surface area contributed by atoms with Crippen LogP contribution in [0.4, 0.5) is 5.69 Å². The number of hydrogen-bond donors (Lipinski definition) is 1. The summed E-state index contributed by atoms with van der Waals surface area (Å²) in [5.74, 6) is 0.127. The Hall–Kier alpha value is -1.55. The van der Waals surface area contributed by atoms with Gasteiger partial charge in [0.05, 0.1) is 0 Å². The van der Waals surface area contributed by atoms with Crippen LogP contribution >= 0.6 is 0 Å². The van der Waals surface area contributed by atoms with E-state index in [1.165, 1.54) is 0 Å². The molecule has 2 rings (SSSR count). The second-order valence-electron chi connectivity index (χ2n) is 5.30. The SMILES string of the molecule is CCC1CN(C)CCCN1C(=O)c1ccc(N)cc1. The second-order valence-corrected chi connectivity index (χ2v) is 5.30. The number of likely N-dealkylation sites (N-methyl/N-ethyl adjacent to an activating group) is 1. The summed E-state index contributed by atoms with van der Waals surface area (Å²) < 4.78 is 0. The summed E-state index contributed by atoms with van der Waals surface area (Å²) in [5.41, 5.74) is 7.10. The number of benzene rings is 1. The maximum Gasteiger partial charge on any atom is 0.254 e. The fourth-order valence-corrected chi connectivity index (χ4v) is 2.65. The summed E-state index contributed by atoms with van der Waals surface area (Å²) in [6.07, 6.45) is 2.03. The molecule has 0 aromatic heterocycles. The fourth-order valence-electron chi connectivity index (χ4n) is 2.65. The number of nitrogens with zero attached hydrogens (tertiary/aromatic N) is 2. The lowest BCUT2D eigenvalue weighted by Crippen LogP contribution is -2.43.